The maximum atomic E-state index is 10.7. The first-order valence-electron chi connectivity index (χ1n) is 3.49. The molecule has 0 saturated heterocycles. The Morgan fingerprint density at radius 3 is 2.58 bits per heavy atom. The van der Waals surface area contributed by atoms with Crippen LogP contribution < -0.4 is 0 Å². The first-order chi connectivity index (χ1) is 5.74. The molecule has 0 aromatic heterocycles. The third-order valence-electron chi connectivity index (χ3n) is 1.29. The largest absolute Gasteiger partial charge is 0.468 e. The molecule has 0 aliphatic carbocycles. The molecule has 0 aromatic rings. The van der Waals surface area contributed by atoms with Crippen molar-refractivity contribution in [3.05, 3.63) is 0 Å². The van der Waals surface area contributed by atoms with Gasteiger partial charge in [-0.15, -0.1) is 0 Å². The van der Waals surface area contributed by atoms with Gasteiger partial charge in [0, 0.05) is 13.7 Å². The number of amides is 1. The zero-order chi connectivity index (χ0) is 9.40. The Labute approximate surface area is 71.2 Å². The highest BCUT2D eigenvalue weighted by atomic mass is 16.5. The highest BCUT2D eigenvalue weighted by Crippen LogP contribution is 1.84. The molecule has 0 aliphatic heterocycles. The highest BCUT2D eigenvalue weighted by Gasteiger charge is 2.07. The molecule has 0 aliphatic rings. The first kappa shape index (κ1) is 10.9. The Morgan fingerprint density at radius 2 is 2.17 bits per heavy atom. The molecule has 1 amide bonds. The van der Waals surface area contributed by atoms with Gasteiger partial charge in [-0.05, 0) is 0 Å². The van der Waals surface area contributed by atoms with Crippen LogP contribution in [0.25, 0.3) is 0 Å². The average molecular weight is 175 g/mol. The predicted octanol–water partition coefficient (Wildman–Crippen LogP) is -0.736. The van der Waals surface area contributed by atoms with Crippen LogP contribution in [0.2, 0.25) is 0 Å². The van der Waals surface area contributed by atoms with Crippen LogP contribution in [-0.2, 0) is 19.1 Å². The number of rotatable bonds is 6. The Hall–Kier alpha value is -1.10. The lowest BCUT2D eigenvalue weighted by Crippen LogP contribution is -2.32. The number of carbonyl (C=O) groups is 2. The summed E-state index contributed by atoms with van der Waals surface area (Å²) in [5.41, 5.74) is 0. The van der Waals surface area contributed by atoms with E-state index in [9.17, 15) is 9.59 Å². The predicted molar refractivity (Wildman–Crippen MR) is 41.5 cm³/mol. The van der Waals surface area contributed by atoms with Gasteiger partial charge in [0.1, 0.15) is 6.54 Å². The molecule has 0 heterocycles. The standard InChI is InChI=1S/C7H13NO4/c1-11-4-3-8(6-9)5-7(10)12-2/h6H,3-5H2,1-2H3. The summed E-state index contributed by atoms with van der Waals surface area (Å²) < 4.78 is 9.12. The van der Waals surface area contributed by atoms with E-state index in [0.29, 0.717) is 19.6 Å². The fraction of sp³-hybridized carbons (Fsp3) is 0.714. The lowest BCUT2D eigenvalue weighted by atomic mass is 10.5. The van der Waals surface area contributed by atoms with Crippen LogP contribution >= 0.6 is 0 Å². The van der Waals surface area contributed by atoms with Gasteiger partial charge in [-0.1, -0.05) is 0 Å². The van der Waals surface area contributed by atoms with Gasteiger partial charge in [-0.3, -0.25) is 9.59 Å². The second-order valence-corrected chi connectivity index (χ2v) is 2.14. The molecular weight excluding hydrogens is 162 g/mol. The summed E-state index contributed by atoms with van der Waals surface area (Å²) in [4.78, 5) is 22.3. The molecule has 0 unspecified atom stereocenters. The van der Waals surface area contributed by atoms with Gasteiger partial charge in [-0.2, -0.15) is 0 Å². The summed E-state index contributed by atoms with van der Waals surface area (Å²) >= 11 is 0. The molecular formula is C7H13NO4. The van der Waals surface area contributed by atoms with Gasteiger partial charge in [0.05, 0.1) is 13.7 Å². The van der Waals surface area contributed by atoms with Crippen LogP contribution in [-0.4, -0.2) is 51.2 Å². The molecule has 0 saturated carbocycles. The van der Waals surface area contributed by atoms with Crippen LogP contribution in [0.15, 0.2) is 0 Å². The van der Waals surface area contributed by atoms with Crippen molar-refractivity contribution in [2.24, 2.45) is 0 Å². The molecule has 0 spiro atoms. The molecule has 0 N–H and O–H groups in total. The van der Waals surface area contributed by atoms with Crippen LogP contribution in [0.5, 0.6) is 0 Å². The minimum Gasteiger partial charge on any atom is -0.468 e. The zero-order valence-electron chi connectivity index (χ0n) is 7.28. The number of hydrogen-bond donors (Lipinski definition) is 0. The van der Waals surface area contributed by atoms with Gasteiger partial charge < -0.3 is 14.4 Å². The summed E-state index contributed by atoms with van der Waals surface area (Å²) in [7, 11) is 2.81. The maximum absolute atomic E-state index is 10.7. The smallest absolute Gasteiger partial charge is 0.325 e. The molecule has 0 aromatic carbocycles. The Kier molecular flexibility index (Phi) is 6.00. The van der Waals surface area contributed by atoms with Crippen molar-refractivity contribution >= 4 is 12.4 Å². The fourth-order valence-corrected chi connectivity index (χ4v) is 0.608. The number of esters is 1. The molecule has 0 rings (SSSR count). The van der Waals surface area contributed by atoms with E-state index < -0.39 is 5.97 Å². The molecule has 5 heteroatoms. The molecule has 12 heavy (non-hydrogen) atoms. The first-order valence-corrected chi connectivity index (χ1v) is 3.49. The summed E-state index contributed by atoms with van der Waals surface area (Å²) in [6, 6.07) is 0. The van der Waals surface area contributed by atoms with Crippen LogP contribution in [0.3, 0.4) is 0 Å². The van der Waals surface area contributed by atoms with Crippen molar-refractivity contribution in [2.45, 2.75) is 0 Å². The Balaban J connectivity index is 3.66. The van der Waals surface area contributed by atoms with Crippen LogP contribution in [0, 0.1) is 0 Å². The average Bonchev–Trinajstić information content (AvgIpc) is 2.11. The lowest BCUT2D eigenvalue weighted by molar-refractivity contribution is -0.144. The van der Waals surface area contributed by atoms with Gasteiger partial charge in [0.2, 0.25) is 6.41 Å². The monoisotopic (exact) mass is 175 g/mol. The fourth-order valence-electron chi connectivity index (χ4n) is 0.608. The van der Waals surface area contributed by atoms with Gasteiger partial charge in [-0.25, -0.2) is 0 Å². The van der Waals surface area contributed by atoms with E-state index in [1.54, 1.807) is 0 Å². The second-order valence-electron chi connectivity index (χ2n) is 2.14. The molecule has 0 atom stereocenters. The Morgan fingerprint density at radius 1 is 1.50 bits per heavy atom. The number of nitrogens with zero attached hydrogens (tertiary/aromatic N) is 1. The van der Waals surface area contributed by atoms with Crippen molar-refractivity contribution in [1.82, 2.24) is 4.90 Å². The van der Waals surface area contributed by atoms with E-state index in [1.807, 2.05) is 0 Å². The van der Waals surface area contributed by atoms with E-state index in [4.69, 9.17) is 4.74 Å². The van der Waals surface area contributed by atoms with Crippen molar-refractivity contribution in [1.29, 1.82) is 0 Å². The second kappa shape index (κ2) is 6.60. The van der Waals surface area contributed by atoms with Crippen LogP contribution in [0.1, 0.15) is 0 Å². The molecule has 0 bridgehead atoms. The SMILES string of the molecule is COCCN(C=O)CC(=O)OC. The zero-order valence-corrected chi connectivity index (χ0v) is 7.28. The minimum atomic E-state index is -0.432. The normalized spacial score (nSPS) is 9.17. The summed E-state index contributed by atoms with van der Waals surface area (Å²) in [6.45, 7) is 0.786. The number of methoxy groups -OCH3 is 2. The van der Waals surface area contributed by atoms with Crippen molar-refractivity contribution < 1.29 is 19.1 Å². The quantitative estimate of drug-likeness (QED) is 0.394. The summed E-state index contributed by atoms with van der Waals surface area (Å²) in [6.07, 6.45) is 0.593. The number of ether oxygens (including phenoxy) is 2. The molecule has 5 nitrogen and oxygen atoms in total. The Bertz CT molecular complexity index is 148. The minimum absolute atomic E-state index is 0.0244. The number of carbonyl (C=O) groups excluding carboxylic acids is 2. The van der Waals surface area contributed by atoms with Gasteiger partial charge >= 0.3 is 5.97 Å². The topological polar surface area (TPSA) is 55.8 Å². The van der Waals surface area contributed by atoms with Gasteiger partial charge in [0.25, 0.3) is 0 Å². The van der Waals surface area contributed by atoms with E-state index in [-0.39, 0.29) is 6.54 Å². The summed E-state index contributed by atoms with van der Waals surface area (Å²) in [5.74, 6) is -0.432. The lowest BCUT2D eigenvalue weighted by Gasteiger charge is -2.14. The molecule has 70 valence electrons. The van der Waals surface area contributed by atoms with E-state index in [0.717, 1.165) is 0 Å². The maximum Gasteiger partial charge on any atom is 0.325 e. The van der Waals surface area contributed by atoms with E-state index in [2.05, 4.69) is 4.74 Å². The van der Waals surface area contributed by atoms with Crippen molar-refractivity contribution in [3.8, 4) is 0 Å². The van der Waals surface area contributed by atoms with Crippen molar-refractivity contribution in [2.75, 3.05) is 33.9 Å². The van der Waals surface area contributed by atoms with Gasteiger partial charge in [0.15, 0.2) is 0 Å². The third kappa shape index (κ3) is 4.68. The van der Waals surface area contributed by atoms with Crippen LogP contribution in [0.4, 0.5) is 0 Å². The summed E-state index contributed by atoms with van der Waals surface area (Å²) in [5, 5.41) is 0. The highest BCUT2D eigenvalue weighted by molar-refractivity contribution is 5.73. The third-order valence-corrected chi connectivity index (χ3v) is 1.29. The van der Waals surface area contributed by atoms with E-state index >= 15 is 0 Å². The molecule has 0 radical (unpaired) electrons. The van der Waals surface area contributed by atoms with E-state index in [1.165, 1.54) is 19.1 Å². The number of hydrogen-bond acceptors (Lipinski definition) is 4. The van der Waals surface area contributed by atoms with Crippen molar-refractivity contribution in [3.63, 3.8) is 0 Å². The molecule has 0 fully saturated rings.